The Morgan fingerprint density at radius 1 is 1.19 bits per heavy atom. The summed E-state index contributed by atoms with van der Waals surface area (Å²) in [6.07, 6.45) is 0.445. The van der Waals surface area contributed by atoms with Crippen LogP contribution in [0.4, 0.5) is 18.9 Å². The van der Waals surface area contributed by atoms with Crippen molar-refractivity contribution >= 4 is 32.4 Å². The summed E-state index contributed by atoms with van der Waals surface area (Å²) in [7, 11) is -3.03. The van der Waals surface area contributed by atoms with E-state index in [1.54, 1.807) is 0 Å². The van der Waals surface area contributed by atoms with Crippen LogP contribution in [0.15, 0.2) is 22.6 Å². The van der Waals surface area contributed by atoms with Gasteiger partial charge in [-0.1, -0.05) is 0 Å². The van der Waals surface area contributed by atoms with Gasteiger partial charge in [-0.2, -0.15) is 13.2 Å². The third-order valence-electron chi connectivity index (χ3n) is 6.39. The highest BCUT2D eigenvalue weighted by molar-refractivity contribution is 7.91. The summed E-state index contributed by atoms with van der Waals surface area (Å²) >= 11 is 0. The number of nitrogens with one attached hydrogen (secondary N) is 1. The molecule has 1 aliphatic heterocycles. The van der Waals surface area contributed by atoms with Crippen LogP contribution in [0.1, 0.15) is 48.2 Å². The number of carbonyl (C=O) groups is 1. The lowest BCUT2D eigenvalue weighted by Crippen LogP contribution is -2.33. The Morgan fingerprint density at radius 2 is 1.90 bits per heavy atom. The van der Waals surface area contributed by atoms with Crippen LogP contribution >= 0.6 is 0 Å². The molecule has 1 saturated carbocycles. The Kier molecular flexibility index (Phi) is 5.70. The average molecular weight is 459 g/mol. The quantitative estimate of drug-likeness (QED) is 0.749. The van der Waals surface area contributed by atoms with Crippen LogP contribution in [0.3, 0.4) is 0 Å². The molecule has 0 spiro atoms. The molecule has 0 bridgehead atoms. The van der Waals surface area contributed by atoms with Gasteiger partial charge in [0.1, 0.15) is 15.4 Å². The van der Waals surface area contributed by atoms with Crippen LogP contribution in [-0.4, -0.2) is 45.5 Å². The lowest BCUT2D eigenvalue weighted by Gasteiger charge is -2.30. The molecule has 1 N–H and O–H groups in total. The van der Waals surface area contributed by atoms with Crippen molar-refractivity contribution in [3.8, 4) is 0 Å². The van der Waals surface area contributed by atoms with Gasteiger partial charge in [0.15, 0.2) is 0 Å². The van der Waals surface area contributed by atoms with Crippen molar-refractivity contribution in [2.24, 2.45) is 5.92 Å². The van der Waals surface area contributed by atoms with E-state index in [1.807, 2.05) is 4.90 Å². The number of hydrogen-bond acceptors (Lipinski definition) is 5. The van der Waals surface area contributed by atoms with Gasteiger partial charge in [0.05, 0.1) is 16.5 Å². The third kappa shape index (κ3) is 4.53. The topological polar surface area (TPSA) is 79.6 Å². The summed E-state index contributed by atoms with van der Waals surface area (Å²) in [4.78, 5) is 14.3. The lowest BCUT2D eigenvalue weighted by atomic mass is 9.86. The van der Waals surface area contributed by atoms with Crippen molar-refractivity contribution < 1.29 is 30.8 Å². The van der Waals surface area contributed by atoms with Gasteiger partial charge in [-0.25, -0.2) is 8.42 Å². The SMILES string of the molecule is CS(=O)(=O)C1CCC(CCN2CCNC(=O)c3oc4ccc(C(F)(F)F)cc4c32)CC1. The standard InChI is InChI=1S/C21H25F3N2O4S/c1-31(28,29)15-5-2-13(3-6-15)8-10-26-11-9-25-20(27)19-18(26)16-12-14(21(22,23)24)4-7-17(16)30-19/h4,7,12-13,15H,2-3,5-6,8-11H2,1H3,(H,25,27). The largest absolute Gasteiger partial charge is 0.449 e. The first-order chi connectivity index (χ1) is 14.5. The minimum atomic E-state index is -4.49. The van der Waals surface area contributed by atoms with E-state index in [-0.39, 0.29) is 22.0 Å². The predicted octanol–water partition coefficient (Wildman–Crippen LogP) is 3.99. The molecule has 0 atom stereocenters. The molecule has 2 heterocycles. The zero-order valence-corrected chi connectivity index (χ0v) is 18.0. The fourth-order valence-electron chi connectivity index (χ4n) is 4.64. The number of fused-ring (bicyclic) bond motifs is 3. The molecular weight excluding hydrogens is 433 g/mol. The van der Waals surface area contributed by atoms with E-state index in [2.05, 4.69) is 5.32 Å². The molecular formula is C21H25F3N2O4S. The van der Waals surface area contributed by atoms with E-state index in [1.165, 1.54) is 12.3 Å². The molecule has 1 amide bonds. The smallest absolute Gasteiger partial charge is 0.416 e. The summed E-state index contributed by atoms with van der Waals surface area (Å²) < 4.78 is 68.9. The number of halogens is 3. The number of furan rings is 1. The Balaban J connectivity index is 1.57. The number of amides is 1. The maximum Gasteiger partial charge on any atom is 0.416 e. The Labute approximate surface area is 178 Å². The van der Waals surface area contributed by atoms with Gasteiger partial charge in [0.25, 0.3) is 5.91 Å². The van der Waals surface area contributed by atoms with E-state index in [9.17, 15) is 26.4 Å². The first kappa shape index (κ1) is 22.0. The zero-order valence-electron chi connectivity index (χ0n) is 17.2. The van der Waals surface area contributed by atoms with Crippen LogP contribution < -0.4 is 10.2 Å². The molecule has 4 rings (SSSR count). The molecule has 1 fully saturated rings. The Morgan fingerprint density at radius 3 is 2.55 bits per heavy atom. The highest BCUT2D eigenvalue weighted by atomic mass is 32.2. The Bertz CT molecular complexity index is 1090. The van der Waals surface area contributed by atoms with Crippen molar-refractivity contribution in [2.45, 2.75) is 43.5 Å². The molecule has 1 aromatic heterocycles. The predicted molar refractivity (Wildman–Crippen MR) is 111 cm³/mol. The van der Waals surface area contributed by atoms with Crippen LogP contribution in [0.5, 0.6) is 0 Å². The molecule has 31 heavy (non-hydrogen) atoms. The molecule has 2 aromatic rings. The number of alkyl halides is 3. The number of benzene rings is 1. The number of sulfone groups is 1. The van der Waals surface area contributed by atoms with Crippen molar-refractivity contribution in [3.63, 3.8) is 0 Å². The highest BCUT2D eigenvalue weighted by Gasteiger charge is 2.34. The molecule has 1 aromatic carbocycles. The van der Waals surface area contributed by atoms with Crippen LogP contribution in [0.25, 0.3) is 11.0 Å². The van der Waals surface area contributed by atoms with E-state index >= 15 is 0 Å². The molecule has 1 aliphatic carbocycles. The third-order valence-corrected chi connectivity index (χ3v) is 8.07. The Hall–Kier alpha value is -2.23. The maximum absolute atomic E-state index is 13.2. The zero-order chi connectivity index (χ0) is 22.4. The van der Waals surface area contributed by atoms with E-state index in [0.717, 1.165) is 31.4 Å². The summed E-state index contributed by atoms with van der Waals surface area (Å²) in [5.41, 5.74) is -0.137. The minimum Gasteiger partial charge on any atom is -0.449 e. The number of carbonyl (C=O) groups excluding carboxylic acids is 1. The first-order valence-corrected chi connectivity index (χ1v) is 12.4. The number of rotatable bonds is 4. The van der Waals surface area contributed by atoms with Crippen molar-refractivity contribution in [2.75, 3.05) is 30.8 Å². The van der Waals surface area contributed by atoms with Gasteiger partial charge >= 0.3 is 6.18 Å². The lowest BCUT2D eigenvalue weighted by molar-refractivity contribution is -0.137. The van der Waals surface area contributed by atoms with Crippen molar-refractivity contribution in [1.82, 2.24) is 5.32 Å². The van der Waals surface area contributed by atoms with E-state index in [0.29, 0.717) is 44.1 Å². The molecule has 0 unspecified atom stereocenters. The summed E-state index contributed by atoms with van der Waals surface area (Å²) in [5.74, 6) is -0.0548. The monoisotopic (exact) mass is 458 g/mol. The van der Waals surface area contributed by atoms with Crippen molar-refractivity contribution in [1.29, 1.82) is 0 Å². The van der Waals surface area contributed by atoms with Gasteiger partial charge in [-0.3, -0.25) is 4.79 Å². The second-order valence-corrected chi connectivity index (χ2v) is 10.8. The van der Waals surface area contributed by atoms with Crippen LogP contribution in [0, 0.1) is 5.92 Å². The van der Waals surface area contributed by atoms with Crippen molar-refractivity contribution in [3.05, 3.63) is 29.5 Å². The van der Waals surface area contributed by atoms with Gasteiger partial charge in [-0.15, -0.1) is 0 Å². The molecule has 170 valence electrons. The summed E-state index contributed by atoms with van der Waals surface area (Å²) in [6, 6.07) is 3.25. The second-order valence-electron chi connectivity index (χ2n) is 8.49. The van der Waals surface area contributed by atoms with Gasteiger partial charge in [0.2, 0.25) is 5.76 Å². The fraction of sp³-hybridized carbons (Fsp3) is 0.571. The van der Waals surface area contributed by atoms with Gasteiger partial charge < -0.3 is 14.6 Å². The summed E-state index contributed by atoms with van der Waals surface area (Å²) in [6.45, 7) is 1.38. The van der Waals surface area contributed by atoms with E-state index < -0.39 is 27.5 Å². The minimum absolute atomic E-state index is 0.0348. The molecule has 2 aliphatic rings. The normalized spacial score (nSPS) is 22.8. The molecule has 0 radical (unpaired) electrons. The maximum atomic E-state index is 13.2. The molecule has 6 nitrogen and oxygen atoms in total. The van der Waals surface area contributed by atoms with E-state index in [4.69, 9.17) is 4.42 Å². The number of nitrogens with zero attached hydrogens (tertiary/aromatic N) is 1. The van der Waals surface area contributed by atoms with Gasteiger partial charge in [-0.05, 0) is 56.2 Å². The first-order valence-electron chi connectivity index (χ1n) is 10.4. The molecule has 10 heteroatoms. The van der Waals surface area contributed by atoms with Crippen LogP contribution in [-0.2, 0) is 16.0 Å². The van der Waals surface area contributed by atoms with Crippen LogP contribution in [0.2, 0.25) is 0 Å². The highest BCUT2D eigenvalue weighted by Crippen LogP contribution is 2.40. The molecule has 0 saturated heterocycles. The van der Waals surface area contributed by atoms with Gasteiger partial charge in [0, 0.05) is 31.3 Å². The number of hydrogen-bond donors (Lipinski definition) is 1. The fourth-order valence-corrected chi connectivity index (χ4v) is 5.76. The second kappa shape index (κ2) is 8.03. The average Bonchev–Trinajstić information content (AvgIpc) is 3.00. The summed E-state index contributed by atoms with van der Waals surface area (Å²) in [5, 5.41) is 2.73. The number of anilines is 1.